The Kier molecular flexibility index (Phi) is 6.70. The fourth-order valence-electron chi connectivity index (χ4n) is 1.04. The van der Waals surface area contributed by atoms with Crippen molar-refractivity contribution in [3.63, 3.8) is 0 Å². The highest BCUT2D eigenvalue weighted by atomic mass is 16.5. The van der Waals surface area contributed by atoms with Gasteiger partial charge in [-0.15, -0.1) is 0 Å². The van der Waals surface area contributed by atoms with Crippen LogP contribution in [0.3, 0.4) is 0 Å². The smallest absolute Gasteiger partial charge is 0.151 e. The zero-order valence-electron chi connectivity index (χ0n) is 8.10. The Morgan fingerprint density at radius 2 is 1.92 bits per heavy atom. The molecular weight excluding hydrogens is 176 g/mol. The molecule has 0 spiro atoms. The van der Waals surface area contributed by atoms with E-state index in [-0.39, 0.29) is 6.61 Å². The number of aliphatic hydroxyl groups excluding tert-OH is 1. The normalized spacial score (nSPS) is 17.8. The third-order valence-electron chi connectivity index (χ3n) is 1.72. The Bertz CT molecular complexity index is 138. The van der Waals surface area contributed by atoms with Gasteiger partial charge in [-0.2, -0.15) is 0 Å². The van der Waals surface area contributed by atoms with Crippen molar-refractivity contribution in [2.24, 2.45) is 0 Å². The second-order valence-electron chi connectivity index (χ2n) is 2.56. The van der Waals surface area contributed by atoms with Crippen molar-refractivity contribution in [1.29, 1.82) is 0 Å². The molecule has 0 heterocycles. The average molecular weight is 192 g/mol. The number of hydrogen-bond acceptors (Lipinski definition) is 5. The maximum absolute atomic E-state index is 10.5. The summed E-state index contributed by atoms with van der Waals surface area (Å²) in [6.45, 7) is 0.103. The van der Waals surface area contributed by atoms with E-state index in [4.69, 9.17) is 14.2 Å². The summed E-state index contributed by atoms with van der Waals surface area (Å²) in [6, 6.07) is 0. The van der Waals surface area contributed by atoms with Crippen molar-refractivity contribution < 1.29 is 24.1 Å². The summed E-state index contributed by atoms with van der Waals surface area (Å²) in [6.07, 6.45) is -1.74. The fraction of sp³-hybridized carbons (Fsp3) is 0.875. The second-order valence-corrected chi connectivity index (χ2v) is 2.56. The van der Waals surface area contributed by atoms with Crippen LogP contribution in [0, 0.1) is 0 Å². The Labute approximate surface area is 77.6 Å². The molecule has 3 atom stereocenters. The fourth-order valence-corrected chi connectivity index (χ4v) is 1.04. The van der Waals surface area contributed by atoms with Gasteiger partial charge in [0.15, 0.2) is 6.29 Å². The molecule has 0 aliphatic heterocycles. The first-order valence-corrected chi connectivity index (χ1v) is 3.89. The number of hydrogen-bond donors (Lipinski definition) is 1. The van der Waals surface area contributed by atoms with Gasteiger partial charge in [-0.1, -0.05) is 0 Å². The summed E-state index contributed by atoms with van der Waals surface area (Å²) in [4.78, 5) is 10.5. The summed E-state index contributed by atoms with van der Waals surface area (Å²) in [7, 11) is 4.24. The number of methoxy groups -OCH3 is 3. The van der Waals surface area contributed by atoms with Gasteiger partial charge in [-0.25, -0.2) is 0 Å². The lowest BCUT2D eigenvalue weighted by Gasteiger charge is -2.24. The number of aliphatic hydroxyl groups is 1. The molecule has 0 radical (unpaired) electrons. The number of carbonyl (C=O) groups excluding carboxylic acids is 1. The van der Waals surface area contributed by atoms with Crippen LogP contribution < -0.4 is 0 Å². The first kappa shape index (κ1) is 12.5. The summed E-state index contributed by atoms with van der Waals surface area (Å²) in [5.41, 5.74) is 0. The molecule has 0 bridgehead atoms. The minimum atomic E-state index is -0.870. The molecule has 1 N–H and O–H groups in total. The highest BCUT2D eigenvalue weighted by Gasteiger charge is 2.27. The number of rotatable bonds is 7. The van der Waals surface area contributed by atoms with Crippen molar-refractivity contribution in [2.45, 2.75) is 18.3 Å². The van der Waals surface area contributed by atoms with Gasteiger partial charge in [0.2, 0.25) is 0 Å². The van der Waals surface area contributed by atoms with E-state index in [1.54, 1.807) is 0 Å². The largest absolute Gasteiger partial charge is 0.388 e. The Morgan fingerprint density at radius 1 is 1.31 bits per heavy atom. The molecule has 0 fully saturated rings. The van der Waals surface area contributed by atoms with Gasteiger partial charge in [0.1, 0.15) is 18.3 Å². The van der Waals surface area contributed by atoms with Crippen LogP contribution in [0.15, 0.2) is 0 Å². The van der Waals surface area contributed by atoms with E-state index in [0.29, 0.717) is 6.29 Å². The molecule has 5 nitrogen and oxygen atoms in total. The Morgan fingerprint density at radius 3 is 2.23 bits per heavy atom. The van der Waals surface area contributed by atoms with Gasteiger partial charge in [-0.3, -0.25) is 0 Å². The van der Waals surface area contributed by atoms with Crippen molar-refractivity contribution in [3.05, 3.63) is 0 Å². The van der Waals surface area contributed by atoms with Crippen molar-refractivity contribution in [1.82, 2.24) is 0 Å². The van der Waals surface area contributed by atoms with Gasteiger partial charge in [-0.05, 0) is 0 Å². The van der Waals surface area contributed by atoms with Crippen LogP contribution in [-0.2, 0) is 19.0 Å². The van der Waals surface area contributed by atoms with Crippen LogP contribution >= 0.6 is 0 Å². The molecule has 0 aliphatic rings. The van der Waals surface area contributed by atoms with E-state index in [1.807, 2.05) is 0 Å². The third-order valence-corrected chi connectivity index (χ3v) is 1.72. The standard InChI is InChI=1S/C8H16O5/c1-11-5-6(10)8(13-3)7(4-9)12-2/h4,6-8,10H,5H2,1-3H3/t6-,7+,8+/m1/s1. The molecule has 5 heteroatoms. The van der Waals surface area contributed by atoms with E-state index in [1.165, 1.54) is 21.3 Å². The lowest BCUT2D eigenvalue weighted by molar-refractivity contribution is -0.138. The van der Waals surface area contributed by atoms with Crippen LogP contribution in [-0.4, -0.2) is 57.6 Å². The van der Waals surface area contributed by atoms with Crippen molar-refractivity contribution in [3.8, 4) is 0 Å². The molecule has 0 rings (SSSR count). The molecule has 13 heavy (non-hydrogen) atoms. The van der Waals surface area contributed by atoms with Crippen LogP contribution in [0.25, 0.3) is 0 Å². The van der Waals surface area contributed by atoms with E-state index in [9.17, 15) is 9.90 Å². The van der Waals surface area contributed by atoms with E-state index in [0.717, 1.165) is 0 Å². The summed E-state index contributed by atoms with van der Waals surface area (Å²) < 4.78 is 14.5. The average Bonchev–Trinajstić information content (AvgIpc) is 2.14. The predicted octanol–water partition coefficient (Wildman–Crippen LogP) is -0.777. The molecule has 78 valence electrons. The molecule has 0 unspecified atom stereocenters. The quantitative estimate of drug-likeness (QED) is 0.536. The van der Waals surface area contributed by atoms with Gasteiger partial charge >= 0.3 is 0 Å². The van der Waals surface area contributed by atoms with Gasteiger partial charge < -0.3 is 24.1 Å². The zero-order valence-corrected chi connectivity index (χ0v) is 8.10. The molecule has 0 aromatic carbocycles. The summed E-state index contributed by atoms with van der Waals surface area (Å²) in [5.74, 6) is 0. The van der Waals surface area contributed by atoms with Crippen LogP contribution in [0.2, 0.25) is 0 Å². The molecule has 0 saturated heterocycles. The number of ether oxygens (including phenoxy) is 3. The van der Waals surface area contributed by atoms with Crippen LogP contribution in [0.1, 0.15) is 0 Å². The summed E-state index contributed by atoms with van der Waals surface area (Å²) in [5, 5.41) is 9.45. The lowest BCUT2D eigenvalue weighted by atomic mass is 10.1. The van der Waals surface area contributed by atoms with Crippen LogP contribution in [0.4, 0.5) is 0 Å². The SMILES string of the molecule is COC[C@@H](O)[C@H](OC)[C@H](C=O)OC. The monoisotopic (exact) mass is 192 g/mol. The molecular formula is C8H16O5. The highest BCUT2D eigenvalue weighted by Crippen LogP contribution is 2.06. The third kappa shape index (κ3) is 3.82. The van der Waals surface area contributed by atoms with E-state index >= 15 is 0 Å². The van der Waals surface area contributed by atoms with Crippen LogP contribution in [0.5, 0.6) is 0 Å². The maximum atomic E-state index is 10.5. The first-order chi connectivity index (χ1) is 6.21. The molecule has 0 aliphatic carbocycles. The molecule has 0 aromatic rings. The molecule has 0 saturated carbocycles. The van der Waals surface area contributed by atoms with E-state index < -0.39 is 18.3 Å². The minimum absolute atomic E-state index is 0.103. The number of carbonyl (C=O) groups is 1. The van der Waals surface area contributed by atoms with Crippen molar-refractivity contribution in [2.75, 3.05) is 27.9 Å². The second kappa shape index (κ2) is 6.97. The first-order valence-electron chi connectivity index (χ1n) is 3.89. The molecule has 0 amide bonds. The van der Waals surface area contributed by atoms with Gasteiger partial charge in [0, 0.05) is 21.3 Å². The summed E-state index contributed by atoms with van der Waals surface area (Å²) >= 11 is 0. The molecule has 0 aromatic heterocycles. The topological polar surface area (TPSA) is 65.0 Å². The minimum Gasteiger partial charge on any atom is -0.388 e. The Hall–Kier alpha value is -0.490. The lowest BCUT2D eigenvalue weighted by Crippen LogP contribution is -2.43. The zero-order chi connectivity index (χ0) is 10.3. The highest BCUT2D eigenvalue weighted by molar-refractivity contribution is 5.57. The Balaban J connectivity index is 4.19. The van der Waals surface area contributed by atoms with E-state index in [2.05, 4.69) is 0 Å². The van der Waals surface area contributed by atoms with Crippen molar-refractivity contribution >= 4 is 6.29 Å². The predicted molar refractivity (Wildman–Crippen MR) is 45.5 cm³/mol. The number of aldehydes is 1. The van der Waals surface area contributed by atoms with Gasteiger partial charge in [0.05, 0.1) is 6.61 Å². The maximum Gasteiger partial charge on any atom is 0.151 e. The van der Waals surface area contributed by atoms with Gasteiger partial charge in [0.25, 0.3) is 0 Å².